The SMILES string of the molecule is C=C(C)C(=O)OCCCCC12OC3C(OCc4ccc(OC)cc4)C(O1)C(OCc1ccc(OC)cc1)C(O2)C3OCc1ccc(OC)cc1. The molecule has 4 aliphatic rings. The van der Waals surface area contributed by atoms with Gasteiger partial charge in [-0.25, -0.2) is 4.79 Å². The number of ether oxygens (including phenoxy) is 10. The first-order chi connectivity index (χ1) is 24.3. The number of hydrogen-bond acceptors (Lipinski definition) is 11. The van der Waals surface area contributed by atoms with Crippen LogP contribution in [0.5, 0.6) is 17.2 Å². The van der Waals surface area contributed by atoms with Crippen LogP contribution in [0.15, 0.2) is 84.9 Å². The molecule has 0 amide bonds. The van der Waals surface area contributed by atoms with Gasteiger partial charge in [0.15, 0.2) is 0 Å². The zero-order valence-corrected chi connectivity index (χ0v) is 29.0. The van der Waals surface area contributed by atoms with Crippen LogP contribution in [0.2, 0.25) is 0 Å². The molecule has 11 nitrogen and oxygen atoms in total. The molecule has 7 rings (SSSR count). The Hall–Kier alpha value is -3.97. The van der Waals surface area contributed by atoms with Gasteiger partial charge in [0.1, 0.15) is 53.9 Å². The number of carbonyl (C=O) groups excluding carboxylic acids is 1. The van der Waals surface area contributed by atoms with Crippen LogP contribution in [0.1, 0.15) is 42.9 Å². The predicted octanol–water partition coefficient (Wildman–Crippen LogP) is 5.91. The number of esters is 1. The summed E-state index contributed by atoms with van der Waals surface area (Å²) in [5.74, 6) is 0.569. The minimum Gasteiger partial charge on any atom is -0.497 e. The number of hydrogen-bond donors (Lipinski definition) is 0. The maximum absolute atomic E-state index is 11.9. The molecular weight excluding hydrogens is 644 g/mol. The van der Waals surface area contributed by atoms with Gasteiger partial charge in [-0.2, -0.15) is 0 Å². The molecule has 3 aliphatic heterocycles. The monoisotopic (exact) mass is 690 g/mol. The molecule has 1 aliphatic carbocycles. The van der Waals surface area contributed by atoms with Crippen molar-refractivity contribution in [1.29, 1.82) is 0 Å². The van der Waals surface area contributed by atoms with Crippen LogP contribution in [0.4, 0.5) is 0 Å². The normalized spacial score (nSPS) is 26.4. The van der Waals surface area contributed by atoms with E-state index in [1.54, 1.807) is 28.3 Å². The molecule has 1 saturated carbocycles. The van der Waals surface area contributed by atoms with Crippen molar-refractivity contribution in [2.45, 2.75) is 88.6 Å². The molecule has 0 N–H and O–H groups in total. The topological polar surface area (TPSA) is 109 Å². The van der Waals surface area contributed by atoms with Gasteiger partial charge in [-0.15, -0.1) is 0 Å². The summed E-state index contributed by atoms with van der Waals surface area (Å²) in [6.45, 7) is 6.47. The third kappa shape index (κ3) is 8.31. The Morgan fingerprint density at radius 3 is 1.30 bits per heavy atom. The van der Waals surface area contributed by atoms with Crippen molar-refractivity contribution in [3.63, 3.8) is 0 Å². The van der Waals surface area contributed by atoms with E-state index in [9.17, 15) is 4.79 Å². The molecule has 3 saturated heterocycles. The van der Waals surface area contributed by atoms with E-state index in [0.717, 1.165) is 33.9 Å². The van der Waals surface area contributed by atoms with Crippen LogP contribution in [0, 0.1) is 0 Å². The molecule has 4 fully saturated rings. The summed E-state index contributed by atoms with van der Waals surface area (Å²) < 4.78 is 61.2. The van der Waals surface area contributed by atoms with Crippen molar-refractivity contribution in [3.05, 3.63) is 102 Å². The number of methoxy groups -OCH3 is 3. The molecule has 0 atom stereocenters. The maximum Gasteiger partial charge on any atom is 0.333 e. The second-order valence-electron chi connectivity index (χ2n) is 12.7. The second kappa shape index (κ2) is 16.4. The Morgan fingerprint density at radius 1 is 0.620 bits per heavy atom. The molecule has 0 aromatic heterocycles. The summed E-state index contributed by atoms with van der Waals surface area (Å²) >= 11 is 0. The summed E-state index contributed by atoms with van der Waals surface area (Å²) in [7, 11) is 4.92. The average Bonchev–Trinajstić information content (AvgIpc) is 3.14. The molecule has 0 radical (unpaired) electrons. The van der Waals surface area contributed by atoms with Crippen molar-refractivity contribution in [3.8, 4) is 17.2 Å². The predicted molar refractivity (Wildman–Crippen MR) is 182 cm³/mol. The quantitative estimate of drug-likeness (QED) is 0.0903. The molecule has 268 valence electrons. The molecule has 3 aromatic rings. The third-order valence-corrected chi connectivity index (χ3v) is 9.15. The van der Waals surface area contributed by atoms with E-state index in [2.05, 4.69) is 6.58 Å². The summed E-state index contributed by atoms with van der Waals surface area (Å²) in [6.07, 6.45) is -1.45. The number of unbranched alkanes of at least 4 members (excludes halogenated alkanes) is 1. The summed E-state index contributed by atoms with van der Waals surface area (Å²) in [4.78, 5) is 11.9. The minimum absolute atomic E-state index is 0.257. The van der Waals surface area contributed by atoms with Crippen LogP contribution < -0.4 is 14.2 Å². The van der Waals surface area contributed by atoms with Crippen molar-refractivity contribution in [2.75, 3.05) is 27.9 Å². The van der Waals surface area contributed by atoms with Gasteiger partial charge in [0.05, 0.1) is 47.8 Å². The van der Waals surface area contributed by atoms with Gasteiger partial charge >= 0.3 is 5.97 Å². The zero-order chi connectivity index (χ0) is 35.1. The number of rotatable bonds is 18. The highest BCUT2D eigenvalue weighted by molar-refractivity contribution is 5.86. The van der Waals surface area contributed by atoms with Crippen LogP contribution >= 0.6 is 0 Å². The molecule has 0 spiro atoms. The molecule has 4 bridgehead atoms. The van der Waals surface area contributed by atoms with Gasteiger partial charge in [-0.1, -0.05) is 43.0 Å². The fourth-order valence-corrected chi connectivity index (χ4v) is 6.45. The van der Waals surface area contributed by atoms with Crippen LogP contribution in [-0.4, -0.2) is 76.5 Å². The Bertz CT molecular complexity index is 1390. The smallest absolute Gasteiger partial charge is 0.333 e. The molecule has 11 heteroatoms. The van der Waals surface area contributed by atoms with Gasteiger partial charge in [-0.05, 0) is 72.9 Å². The van der Waals surface area contributed by atoms with E-state index >= 15 is 0 Å². The lowest BCUT2D eigenvalue weighted by Crippen LogP contribution is -2.79. The fourth-order valence-electron chi connectivity index (χ4n) is 6.45. The van der Waals surface area contributed by atoms with Crippen molar-refractivity contribution in [1.82, 2.24) is 0 Å². The molecule has 50 heavy (non-hydrogen) atoms. The zero-order valence-electron chi connectivity index (χ0n) is 29.0. The van der Waals surface area contributed by atoms with Gasteiger partial charge < -0.3 is 47.4 Å². The number of benzene rings is 3. The van der Waals surface area contributed by atoms with E-state index in [0.29, 0.717) is 44.7 Å². The largest absolute Gasteiger partial charge is 0.497 e. The molecule has 3 aromatic carbocycles. The first-order valence-corrected chi connectivity index (χ1v) is 16.9. The van der Waals surface area contributed by atoms with Gasteiger partial charge in [0.25, 0.3) is 5.97 Å². The van der Waals surface area contributed by atoms with Crippen molar-refractivity contribution in [2.24, 2.45) is 0 Å². The Kier molecular flexibility index (Phi) is 11.7. The highest BCUT2D eigenvalue weighted by Gasteiger charge is 2.68. The van der Waals surface area contributed by atoms with Gasteiger partial charge in [-0.3, -0.25) is 0 Å². The summed E-state index contributed by atoms with van der Waals surface area (Å²) in [5, 5.41) is 0. The lowest BCUT2D eigenvalue weighted by molar-refractivity contribution is -0.545. The van der Waals surface area contributed by atoms with Crippen molar-refractivity contribution < 1.29 is 52.2 Å². The Labute approximate surface area is 293 Å². The Balaban J connectivity index is 1.23. The maximum atomic E-state index is 11.9. The second-order valence-corrected chi connectivity index (χ2v) is 12.7. The molecular formula is C39H46O11. The van der Waals surface area contributed by atoms with E-state index in [1.807, 2.05) is 72.8 Å². The Morgan fingerprint density at radius 2 is 0.980 bits per heavy atom. The first kappa shape index (κ1) is 35.8. The fraction of sp³-hybridized carbons (Fsp3) is 0.462. The minimum atomic E-state index is -1.32. The summed E-state index contributed by atoms with van der Waals surface area (Å²) in [6, 6.07) is 23.2. The van der Waals surface area contributed by atoms with E-state index < -0.39 is 48.6 Å². The summed E-state index contributed by atoms with van der Waals surface area (Å²) in [5.41, 5.74) is 3.28. The van der Waals surface area contributed by atoms with E-state index in [-0.39, 0.29) is 6.61 Å². The van der Waals surface area contributed by atoms with Gasteiger partial charge in [0.2, 0.25) is 0 Å². The standard InChI is InChI=1S/C39H46O11/c1-25(2)38(40)44-21-7-6-20-39-48-35-32(45-22-26-8-14-29(41-3)15-9-26)36(49-39)34(47-24-28-12-18-31(43-5)19-13-28)37(50-39)33(35)46-23-27-10-16-30(42-4)17-11-27/h8-19,32-37H,1,6-7,20-24H2,2-5H3. The lowest BCUT2D eigenvalue weighted by Gasteiger charge is -2.63. The molecule has 0 unspecified atom stereocenters. The third-order valence-electron chi connectivity index (χ3n) is 9.15. The van der Waals surface area contributed by atoms with E-state index in [1.165, 1.54) is 0 Å². The highest BCUT2D eigenvalue weighted by atomic mass is 16.9. The highest BCUT2D eigenvalue weighted by Crippen LogP contribution is 2.50. The lowest BCUT2D eigenvalue weighted by atomic mass is 9.81. The van der Waals surface area contributed by atoms with Crippen LogP contribution in [0.3, 0.4) is 0 Å². The number of carbonyl (C=O) groups is 1. The van der Waals surface area contributed by atoms with Crippen LogP contribution in [-0.2, 0) is 57.8 Å². The van der Waals surface area contributed by atoms with Crippen molar-refractivity contribution >= 4 is 5.97 Å². The average molecular weight is 691 g/mol. The molecule has 3 heterocycles. The van der Waals surface area contributed by atoms with Gasteiger partial charge in [0, 0.05) is 12.0 Å². The first-order valence-electron chi connectivity index (χ1n) is 16.9. The van der Waals surface area contributed by atoms with E-state index in [4.69, 9.17) is 47.4 Å². The van der Waals surface area contributed by atoms with Crippen LogP contribution in [0.25, 0.3) is 0 Å².